The molecule has 6 heteroatoms. The predicted octanol–water partition coefficient (Wildman–Crippen LogP) is 7.57. The monoisotopic (exact) mass is 475 g/mol. The van der Waals surface area contributed by atoms with Gasteiger partial charge in [0.2, 0.25) is 0 Å². The van der Waals surface area contributed by atoms with Crippen molar-refractivity contribution in [2.45, 2.75) is 58.1 Å². The van der Waals surface area contributed by atoms with Crippen LogP contribution < -0.4 is 10.1 Å². The molecule has 3 aromatic rings. The number of allylic oxidation sites excluding steroid dienone is 2. The number of anilines is 2. The lowest BCUT2D eigenvalue weighted by atomic mass is 9.91. The molecular formula is C28H37N3O2Si. The first-order valence-electron chi connectivity index (χ1n) is 12.3. The van der Waals surface area contributed by atoms with E-state index in [9.17, 15) is 0 Å². The Bertz CT molecular complexity index is 1110. The van der Waals surface area contributed by atoms with Gasteiger partial charge in [-0.2, -0.15) is 5.10 Å². The summed E-state index contributed by atoms with van der Waals surface area (Å²) in [5.74, 6) is 1.67. The Kier molecular flexibility index (Phi) is 7.90. The molecule has 1 aliphatic rings. The molecule has 0 fully saturated rings. The van der Waals surface area contributed by atoms with E-state index in [1.54, 1.807) is 7.11 Å². The summed E-state index contributed by atoms with van der Waals surface area (Å²) in [7, 11) is 0.609. The highest BCUT2D eigenvalue weighted by Gasteiger charge is 2.14. The number of methoxy groups -OCH3 is 1. The Morgan fingerprint density at radius 3 is 2.50 bits per heavy atom. The third-order valence-electron chi connectivity index (χ3n) is 6.21. The lowest BCUT2D eigenvalue weighted by Crippen LogP contribution is -2.22. The van der Waals surface area contributed by atoms with Crippen LogP contribution in [0.1, 0.15) is 31.2 Å². The van der Waals surface area contributed by atoms with Crippen LogP contribution in [-0.4, -0.2) is 31.6 Å². The van der Waals surface area contributed by atoms with Gasteiger partial charge in [0.15, 0.2) is 5.82 Å². The SMILES string of the molecule is COc1ccc(-c2ccc(C3=CCCCC3)cc2Nc2ccn(COCC[Si](C)(C)C)n2)cc1. The highest BCUT2D eigenvalue weighted by atomic mass is 28.3. The minimum Gasteiger partial charge on any atom is -0.497 e. The van der Waals surface area contributed by atoms with Gasteiger partial charge in [-0.1, -0.05) is 50.0 Å². The number of aromatic nitrogens is 2. The van der Waals surface area contributed by atoms with Gasteiger partial charge in [0.05, 0.1) is 7.11 Å². The summed E-state index contributed by atoms with van der Waals surface area (Å²) in [6, 6.07) is 18.1. The van der Waals surface area contributed by atoms with Gasteiger partial charge in [-0.15, -0.1) is 0 Å². The molecule has 0 spiro atoms. The number of ether oxygens (including phenoxy) is 2. The molecule has 4 rings (SSSR count). The molecule has 1 aliphatic carbocycles. The van der Waals surface area contributed by atoms with E-state index in [1.165, 1.54) is 30.4 Å². The van der Waals surface area contributed by atoms with Crippen molar-refractivity contribution in [3.8, 4) is 16.9 Å². The normalized spacial score (nSPS) is 14.1. The van der Waals surface area contributed by atoms with Crippen molar-refractivity contribution in [1.29, 1.82) is 0 Å². The van der Waals surface area contributed by atoms with E-state index in [0.29, 0.717) is 6.73 Å². The van der Waals surface area contributed by atoms with E-state index in [-0.39, 0.29) is 0 Å². The van der Waals surface area contributed by atoms with E-state index in [0.717, 1.165) is 47.5 Å². The maximum Gasteiger partial charge on any atom is 0.152 e. The second-order valence-corrected chi connectivity index (χ2v) is 15.8. The smallest absolute Gasteiger partial charge is 0.152 e. The predicted molar refractivity (Wildman–Crippen MR) is 144 cm³/mol. The molecule has 0 bridgehead atoms. The molecule has 0 saturated heterocycles. The number of nitrogens with zero attached hydrogens (tertiary/aromatic N) is 2. The van der Waals surface area contributed by atoms with Gasteiger partial charge in [0, 0.05) is 38.2 Å². The van der Waals surface area contributed by atoms with Crippen molar-refractivity contribution < 1.29 is 9.47 Å². The van der Waals surface area contributed by atoms with Gasteiger partial charge < -0.3 is 14.8 Å². The van der Waals surface area contributed by atoms with E-state index >= 15 is 0 Å². The molecule has 34 heavy (non-hydrogen) atoms. The summed E-state index contributed by atoms with van der Waals surface area (Å²) < 4.78 is 13.1. The molecule has 0 saturated carbocycles. The van der Waals surface area contributed by atoms with Crippen molar-refractivity contribution >= 4 is 25.2 Å². The lowest BCUT2D eigenvalue weighted by molar-refractivity contribution is 0.0788. The molecule has 1 heterocycles. The summed E-state index contributed by atoms with van der Waals surface area (Å²) >= 11 is 0. The lowest BCUT2D eigenvalue weighted by Gasteiger charge is -2.17. The van der Waals surface area contributed by atoms with Crippen LogP contribution in [0, 0.1) is 0 Å². The van der Waals surface area contributed by atoms with E-state index in [2.05, 4.69) is 61.4 Å². The Balaban J connectivity index is 1.55. The molecule has 0 radical (unpaired) electrons. The molecule has 180 valence electrons. The molecule has 0 amide bonds. The van der Waals surface area contributed by atoms with Gasteiger partial charge in [0.1, 0.15) is 12.5 Å². The van der Waals surface area contributed by atoms with Gasteiger partial charge >= 0.3 is 0 Å². The van der Waals surface area contributed by atoms with E-state index < -0.39 is 8.07 Å². The standard InChI is InChI=1S/C28H37N3O2Si/c1-32-25-13-10-23(11-14-25)26-15-12-24(22-8-6-5-7-9-22)20-27(26)29-28-16-17-31(30-28)21-33-18-19-34(2,3)4/h8,10-17,20H,5-7,9,18-19,21H2,1-4H3,(H,29,30). The van der Waals surface area contributed by atoms with Crippen LogP contribution in [0.15, 0.2) is 60.8 Å². The first kappa shape index (κ1) is 24.3. The van der Waals surface area contributed by atoms with Gasteiger partial charge in [-0.25, -0.2) is 4.68 Å². The van der Waals surface area contributed by atoms with Gasteiger partial charge in [-0.05, 0) is 66.6 Å². The fraction of sp³-hybridized carbons (Fsp3) is 0.393. The summed E-state index contributed by atoms with van der Waals surface area (Å²) in [6.07, 6.45) is 9.22. The zero-order valence-corrected chi connectivity index (χ0v) is 21.9. The van der Waals surface area contributed by atoms with E-state index in [1.807, 2.05) is 29.1 Å². The molecule has 0 atom stereocenters. The molecule has 0 unspecified atom stereocenters. The van der Waals surface area contributed by atoms with Crippen molar-refractivity contribution in [1.82, 2.24) is 9.78 Å². The van der Waals surface area contributed by atoms with Crippen LogP contribution in [0.3, 0.4) is 0 Å². The highest BCUT2D eigenvalue weighted by Crippen LogP contribution is 2.36. The summed E-state index contributed by atoms with van der Waals surface area (Å²) in [6.45, 7) is 8.36. The van der Waals surface area contributed by atoms with Crippen molar-refractivity contribution in [2.24, 2.45) is 0 Å². The topological polar surface area (TPSA) is 48.3 Å². The Morgan fingerprint density at radius 1 is 1.00 bits per heavy atom. The second kappa shape index (κ2) is 11.1. The number of benzene rings is 2. The summed E-state index contributed by atoms with van der Waals surface area (Å²) in [4.78, 5) is 0. The fourth-order valence-electron chi connectivity index (χ4n) is 4.14. The maximum atomic E-state index is 5.86. The Hall–Kier alpha value is -2.83. The summed E-state index contributed by atoms with van der Waals surface area (Å²) in [5, 5.41) is 8.28. The van der Waals surface area contributed by atoms with Crippen molar-refractivity contribution in [2.75, 3.05) is 19.0 Å². The maximum absolute atomic E-state index is 5.86. The molecule has 0 aliphatic heterocycles. The van der Waals surface area contributed by atoms with Crippen LogP contribution in [-0.2, 0) is 11.5 Å². The molecule has 1 aromatic heterocycles. The number of nitrogens with one attached hydrogen (secondary N) is 1. The van der Waals surface area contributed by atoms with Crippen LogP contribution >= 0.6 is 0 Å². The van der Waals surface area contributed by atoms with Crippen molar-refractivity contribution in [3.05, 3.63) is 66.4 Å². The first-order valence-corrected chi connectivity index (χ1v) is 16.0. The quantitative estimate of drug-likeness (QED) is 0.243. The summed E-state index contributed by atoms with van der Waals surface area (Å²) in [5.41, 5.74) is 6.06. The van der Waals surface area contributed by atoms with Crippen LogP contribution in [0.4, 0.5) is 11.5 Å². The third kappa shape index (κ3) is 6.61. The molecular weight excluding hydrogens is 438 g/mol. The average Bonchev–Trinajstić information content (AvgIpc) is 3.29. The highest BCUT2D eigenvalue weighted by molar-refractivity contribution is 6.76. The third-order valence-corrected chi connectivity index (χ3v) is 7.91. The minimum atomic E-state index is -1.09. The Morgan fingerprint density at radius 2 is 1.79 bits per heavy atom. The van der Waals surface area contributed by atoms with Crippen LogP contribution in [0.25, 0.3) is 16.7 Å². The average molecular weight is 476 g/mol. The Labute approximate surface area is 204 Å². The zero-order chi connectivity index (χ0) is 24.0. The zero-order valence-electron chi connectivity index (χ0n) is 20.9. The molecule has 1 N–H and O–H groups in total. The van der Waals surface area contributed by atoms with Crippen molar-refractivity contribution in [3.63, 3.8) is 0 Å². The molecule has 2 aromatic carbocycles. The minimum absolute atomic E-state index is 0.477. The first-order chi connectivity index (χ1) is 16.4. The number of hydrogen-bond acceptors (Lipinski definition) is 4. The van der Waals surface area contributed by atoms with E-state index in [4.69, 9.17) is 14.6 Å². The largest absolute Gasteiger partial charge is 0.497 e. The second-order valence-electron chi connectivity index (χ2n) is 10.2. The van der Waals surface area contributed by atoms with Gasteiger partial charge in [-0.3, -0.25) is 0 Å². The molecule has 5 nitrogen and oxygen atoms in total. The van der Waals surface area contributed by atoms with Crippen LogP contribution in [0.2, 0.25) is 25.7 Å². The van der Waals surface area contributed by atoms with Crippen LogP contribution in [0.5, 0.6) is 5.75 Å². The fourth-order valence-corrected chi connectivity index (χ4v) is 4.90. The number of hydrogen-bond donors (Lipinski definition) is 1. The van der Waals surface area contributed by atoms with Gasteiger partial charge in [0.25, 0.3) is 0 Å². The number of rotatable bonds is 10.